The van der Waals surface area contributed by atoms with Crippen molar-refractivity contribution < 1.29 is 28.6 Å². The van der Waals surface area contributed by atoms with Gasteiger partial charge >= 0.3 is 11.9 Å². The van der Waals surface area contributed by atoms with Gasteiger partial charge in [-0.05, 0) is 68.7 Å². The van der Waals surface area contributed by atoms with E-state index in [1.54, 1.807) is 13.8 Å². The minimum absolute atomic E-state index is 0.0222. The fraction of sp³-hybridized carbons (Fsp3) is 0.370. The van der Waals surface area contributed by atoms with Gasteiger partial charge in [0.2, 0.25) is 5.89 Å². The molecule has 0 amide bonds. The maximum absolute atomic E-state index is 11.8. The Hall–Kier alpha value is -3.17. The van der Waals surface area contributed by atoms with Crippen LogP contribution in [0.4, 0.5) is 0 Å². The number of nitrogens with zero attached hydrogens (tertiary/aromatic N) is 1. The smallest absolute Gasteiger partial charge is 0.320 e. The van der Waals surface area contributed by atoms with Crippen LogP contribution in [0.3, 0.4) is 0 Å². The second kappa shape index (κ2) is 13.2. The molecule has 0 aliphatic rings. The third-order valence-corrected chi connectivity index (χ3v) is 5.80. The molecule has 1 heterocycles. The first-order valence-corrected chi connectivity index (χ1v) is 12.6. The van der Waals surface area contributed by atoms with E-state index in [1.807, 2.05) is 49.4 Å². The minimum atomic E-state index is -0.861. The van der Waals surface area contributed by atoms with Crippen molar-refractivity contribution in [3.8, 4) is 17.2 Å². The summed E-state index contributed by atoms with van der Waals surface area (Å²) in [6, 6.07) is 13.4. The van der Waals surface area contributed by atoms with Crippen LogP contribution in [-0.2, 0) is 33.7 Å². The van der Waals surface area contributed by atoms with Crippen LogP contribution in [0.2, 0.25) is 0 Å². The van der Waals surface area contributed by atoms with Gasteiger partial charge in [-0.3, -0.25) is 9.59 Å². The number of aryl methyl sites for hydroxylation is 2. The number of hydrogen-bond donors (Lipinski definition) is 2. The Kier molecular flexibility index (Phi) is 10.1. The number of aliphatic carboxylic acids is 1. The molecular formula is C27H31BrN2O6. The van der Waals surface area contributed by atoms with Crippen molar-refractivity contribution in [1.29, 1.82) is 0 Å². The van der Waals surface area contributed by atoms with Crippen molar-refractivity contribution in [2.24, 2.45) is 0 Å². The van der Waals surface area contributed by atoms with E-state index in [1.165, 1.54) is 0 Å². The van der Waals surface area contributed by atoms with Gasteiger partial charge in [0, 0.05) is 29.4 Å². The molecule has 8 nitrogen and oxygen atoms in total. The number of carboxylic acid groups (broad SMARTS) is 1. The molecule has 2 aromatic carbocycles. The zero-order chi connectivity index (χ0) is 26.1. The lowest BCUT2D eigenvalue weighted by Gasteiger charge is -2.14. The topological polar surface area (TPSA) is 111 Å². The number of hydrogen-bond acceptors (Lipinski definition) is 7. The molecule has 0 aliphatic carbocycles. The summed E-state index contributed by atoms with van der Waals surface area (Å²) in [5.74, 6) is 0.769. The number of halogens is 1. The first-order valence-electron chi connectivity index (χ1n) is 11.8. The number of oxazole rings is 1. The van der Waals surface area contributed by atoms with E-state index in [2.05, 4.69) is 26.2 Å². The van der Waals surface area contributed by atoms with Crippen molar-refractivity contribution in [3.63, 3.8) is 0 Å². The highest BCUT2D eigenvalue weighted by Gasteiger charge is 2.13. The molecule has 0 fully saturated rings. The Morgan fingerprint density at radius 3 is 2.67 bits per heavy atom. The highest BCUT2D eigenvalue weighted by Crippen LogP contribution is 2.25. The average Bonchev–Trinajstić information content (AvgIpc) is 3.18. The van der Waals surface area contributed by atoms with Crippen molar-refractivity contribution in [2.75, 3.05) is 13.2 Å². The molecular weight excluding hydrogens is 528 g/mol. The molecule has 0 bridgehead atoms. The van der Waals surface area contributed by atoms with Gasteiger partial charge in [0.1, 0.15) is 11.5 Å². The normalized spacial score (nSPS) is 11.0. The first kappa shape index (κ1) is 27.4. The van der Waals surface area contributed by atoms with Gasteiger partial charge in [-0.15, -0.1) is 0 Å². The number of aromatic nitrogens is 1. The summed E-state index contributed by atoms with van der Waals surface area (Å²) in [6.07, 6.45) is 0.799. The van der Waals surface area contributed by atoms with Crippen molar-refractivity contribution in [3.05, 3.63) is 69.5 Å². The fourth-order valence-electron chi connectivity index (χ4n) is 3.62. The summed E-state index contributed by atoms with van der Waals surface area (Å²) in [4.78, 5) is 27.5. The molecule has 0 aliphatic heterocycles. The third kappa shape index (κ3) is 8.49. The minimum Gasteiger partial charge on any atom is -0.493 e. The summed E-state index contributed by atoms with van der Waals surface area (Å²) in [6.45, 7) is 6.32. The molecule has 3 aromatic rings. The molecule has 0 saturated heterocycles. The first-order chi connectivity index (χ1) is 17.2. The van der Waals surface area contributed by atoms with Crippen LogP contribution < -0.4 is 10.1 Å². The summed E-state index contributed by atoms with van der Waals surface area (Å²) >= 11 is 3.47. The second-order valence-corrected chi connectivity index (χ2v) is 9.51. The zero-order valence-corrected chi connectivity index (χ0v) is 22.3. The molecule has 36 heavy (non-hydrogen) atoms. The molecule has 2 N–H and O–H groups in total. The lowest BCUT2D eigenvalue weighted by molar-refractivity contribution is -0.146. The molecule has 0 radical (unpaired) electrons. The van der Waals surface area contributed by atoms with Gasteiger partial charge in [-0.2, -0.15) is 0 Å². The van der Waals surface area contributed by atoms with Gasteiger partial charge in [-0.25, -0.2) is 4.98 Å². The van der Waals surface area contributed by atoms with Crippen molar-refractivity contribution >= 4 is 27.9 Å². The van der Waals surface area contributed by atoms with Gasteiger partial charge in [-0.1, -0.05) is 28.1 Å². The van der Waals surface area contributed by atoms with E-state index in [4.69, 9.17) is 19.0 Å². The van der Waals surface area contributed by atoms with Crippen LogP contribution in [0.25, 0.3) is 11.5 Å². The summed E-state index contributed by atoms with van der Waals surface area (Å²) in [5, 5.41) is 12.1. The maximum Gasteiger partial charge on any atom is 0.320 e. The van der Waals surface area contributed by atoms with Crippen LogP contribution in [0, 0.1) is 6.92 Å². The third-order valence-electron chi connectivity index (χ3n) is 5.31. The van der Waals surface area contributed by atoms with E-state index in [-0.39, 0.29) is 25.0 Å². The largest absolute Gasteiger partial charge is 0.493 e. The van der Waals surface area contributed by atoms with E-state index >= 15 is 0 Å². The number of carbonyl (C=O) groups is 2. The summed E-state index contributed by atoms with van der Waals surface area (Å²) < 4.78 is 17.9. The number of rotatable bonds is 13. The fourth-order valence-corrected chi connectivity index (χ4v) is 4.02. The molecule has 0 atom stereocenters. The summed E-state index contributed by atoms with van der Waals surface area (Å²) in [5.41, 5.74) is 3.49. The van der Waals surface area contributed by atoms with Gasteiger partial charge < -0.3 is 24.3 Å². The Morgan fingerprint density at radius 1 is 1.14 bits per heavy atom. The predicted octanol–water partition coefficient (Wildman–Crippen LogP) is 5.09. The second-order valence-electron chi connectivity index (χ2n) is 8.60. The quantitative estimate of drug-likeness (QED) is 0.279. The number of carboxylic acids is 1. The highest BCUT2D eigenvalue weighted by atomic mass is 79.9. The van der Waals surface area contributed by atoms with Crippen LogP contribution in [0.1, 0.15) is 42.8 Å². The van der Waals surface area contributed by atoms with Crippen molar-refractivity contribution in [1.82, 2.24) is 10.3 Å². The molecule has 3 rings (SSSR count). The highest BCUT2D eigenvalue weighted by molar-refractivity contribution is 9.10. The van der Waals surface area contributed by atoms with E-state index < -0.39 is 5.97 Å². The summed E-state index contributed by atoms with van der Waals surface area (Å²) in [7, 11) is 0. The molecule has 9 heteroatoms. The number of benzene rings is 2. The Bertz CT molecular complexity index is 1190. The van der Waals surface area contributed by atoms with Gasteiger partial charge in [0.15, 0.2) is 0 Å². The van der Waals surface area contributed by atoms with Gasteiger partial charge in [0.05, 0.1) is 24.9 Å². The molecule has 1 aromatic heterocycles. The van der Waals surface area contributed by atoms with Crippen molar-refractivity contribution in [2.45, 2.75) is 52.7 Å². The van der Waals surface area contributed by atoms with Crippen LogP contribution in [0.5, 0.6) is 5.75 Å². The maximum atomic E-state index is 11.8. The number of nitrogens with one attached hydrogen (secondary N) is 1. The standard InChI is InChI=1S/C27H31BrN2O6/c1-17(2)35-26(33)16-29-15-21-14-23(9-7-19(21)8-10-25(31)32)34-12-11-24-18(3)36-27(30-24)20-5-4-6-22(28)13-20/h4-7,9,13-14,17,29H,8,10-12,15-16H2,1-3H3,(H,31,32). The molecule has 192 valence electrons. The predicted molar refractivity (Wildman–Crippen MR) is 139 cm³/mol. The van der Waals surface area contributed by atoms with E-state index in [0.29, 0.717) is 37.6 Å². The number of esters is 1. The van der Waals surface area contributed by atoms with Crippen LogP contribution in [0.15, 0.2) is 51.4 Å². The van der Waals surface area contributed by atoms with Gasteiger partial charge in [0.25, 0.3) is 0 Å². The lowest BCUT2D eigenvalue weighted by atomic mass is 10.0. The SMILES string of the molecule is Cc1oc(-c2cccc(Br)c2)nc1CCOc1ccc(CCC(=O)O)c(CNCC(=O)OC(C)C)c1. The number of carbonyl (C=O) groups excluding carboxylic acids is 1. The molecule has 0 unspecified atom stereocenters. The Balaban J connectivity index is 1.62. The number of ether oxygens (including phenoxy) is 2. The van der Waals surface area contributed by atoms with Crippen LogP contribution in [-0.4, -0.2) is 41.3 Å². The van der Waals surface area contributed by atoms with E-state index in [0.717, 1.165) is 32.6 Å². The monoisotopic (exact) mass is 558 g/mol. The average molecular weight is 559 g/mol. The molecule has 0 spiro atoms. The zero-order valence-electron chi connectivity index (χ0n) is 20.7. The lowest BCUT2D eigenvalue weighted by Crippen LogP contribution is -2.26. The molecule has 0 saturated carbocycles. The van der Waals surface area contributed by atoms with E-state index in [9.17, 15) is 9.59 Å². The Morgan fingerprint density at radius 2 is 1.94 bits per heavy atom. The van der Waals surface area contributed by atoms with Crippen LogP contribution >= 0.6 is 15.9 Å². The Labute approximate surface area is 219 Å².